The number of ether oxygens (including phenoxy) is 2. The van der Waals surface area contributed by atoms with Gasteiger partial charge in [0.05, 0.1) is 6.61 Å². The highest BCUT2D eigenvalue weighted by Crippen LogP contribution is 2.29. The van der Waals surface area contributed by atoms with E-state index in [2.05, 4.69) is 10.3 Å². The van der Waals surface area contributed by atoms with Gasteiger partial charge in [-0.05, 0) is 42.8 Å². The summed E-state index contributed by atoms with van der Waals surface area (Å²) in [4.78, 5) is 4.24. The van der Waals surface area contributed by atoms with Gasteiger partial charge in [-0.25, -0.2) is 9.37 Å². The predicted molar refractivity (Wildman–Crippen MR) is 99.9 cm³/mol. The Kier molecular flexibility index (Phi) is 6.04. The van der Waals surface area contributed by atoms with E-state index in [0.29, 0.717) is 30.2 Å². The molecule has 134 valence electrons. The fraction of sp³-hybridized carbons (Fsp3) is 0.190. The van der Waals surface area contributed by atoms with Gasteiger partial charge < -0.3 is 14.8 Å². The average molecular weight is 352 g/mol. The van der Waals surface area contributed by atoms with Crippen LogP contribution in [-0.4, -0.2) is 11.6 Å². The molecule has 0 aliphatic rings. The van der Waals surface area contributed by atoms with Crippen molar-refractivity contribution in [2.24, 2.45) is 0 Å². The number of halogens is 1. The number of hydrogen-bond acceptors (Lipinski definition) is 4. The third kappa shape index (κ3) is 4.72. The van der Waals surface area contributed by atoms with E-state index in [9.17, 15) is 4.39 Å². The van der Waals surface area contributed by atoms with Gasteiger partial charge in [-0.15, -0.1) is 0 Å². The quantitative estimate of drug-likeness (QED) is 0.632. The lowest BCUT2D eigenvalue weighted by Gasteiger charge is -2.14. The molecular formula is C21H21FN2O2. The summed E-state index contributed by atoms with van der Waals surface area (Å²) in [5, 5.41) is 3.26. The molecule has 0 radical (unpaired) electrons. The fourth-order valence-corrected chi connectivity index (χ4v) is 2.48. The van der Waals surface area contributed by atoms with Gasteiger partial charge in [0, 0.05) is 18.3 Å². The van der Waals surface area contributed by atoms with Gasteiger partial charge >= 0.3 is 0 Å². The molecule has 3 aromatic rings. The van der Waals surface area contributed by atoms with Crippen LogP contribution >= 0.6 is 0 Å². The maximum Gasteiger partial charge on any atom is 0.161 e. The summed E-state index contributed by atoms with van der Waals surface area (Å²) in [6.07, 6.45) is 1.74. The van der Waals surface area contributed by atoms with Crippen molar-refractivity contribution in [2.45, 2.75) is 20.1 Å². The first-order valence-electron chi connectivity index (χ1n) is 8.53. The molecule has 0 saturated carbocycles. The Morgan fingerprint density at radius 1 is 0.962 bits per heavy atom. The monoisotopic (exact) mass is 352 g/mol. The third-order valence-corrected chi connectivity index (χ3v) is 3.79. The molecule has 0 bridgehead atoms. The van der Waals surface area contributed by atoms with Crippen LogP contribution in [0.2, 0.25) is 0 Å². The van der Waals surface area contributed by atoms with Crippen LogP contribution in [0.5, 0.6) is 11.5 Å². The van der Waals surface area contributed by atoms with Crippen LogP contribution in [0.4, 0.5) is 10.2 Å². The lowest BCUT2D eigenvalue weighted by atomic mass is 10.2. The molecular weight excluding hydrogens is 331 g/mol. The molecule has 0 amide bonds. The van der Waals surface area contributed by atoms with Crippen molar-refractivity contribution in [3.8, 4) is 11.5 Å². The van der Waals surface area contributed by atoms with E-state index >= 15 is 0 Å². The lowest BCUT2D eigenvalue weighted by Crippen LogP contribution is -2.04. The van der Waals surface area contributed by atoms with Gasteiger partial charge in [-0.1, -0.05) is 30.3 Å². The summed E-state index contributed by atoms with van der Waals surface area (Å²) in [5.41, 5.74) is 1.55. The molecule has 0 spiro atoms. The molecule has 0 aliphatic carbocycles. The number of nitrogens with one attached hydrogen (secondary N) is 1. The molecule has 1 heterocycles. The summed E-state index contributed by atoms with van der Waals surface area (Å²) in [7, 11) is 0. The third-order valence-electron chi connectivity index (χ3n) is 3.79. The first-order chi connectivity index (χ1) is 12.8. The Hall–Kier alpha value is -3.08. The van der Waals surface area contributed by atoms with Gasteiger partial charge in [-0.3, -0.25) is 0 Å². The molecule has 2 aromatic carbocycles. The Morgan fingerprint density at radius 2 is 1.81 bits per heavy atom. The van der Waals surface area contributed by atoms with Gasteiger partial charge in [0.15, 0.2) is 11.5 Å². The zero-order valence-corrected chi connectivity index (χ0v) is 14.6. The first kappa shape index (κ1) is 17.7. The van der Waals surface area contributed by atoms with Crippen LogP contribution in [0.3, 0.4) is 0 Å². The summed E-state index contributed by atoms with van der Waals surface area (Å²) in [5.74, 6) is 1.77. The Morgan fingerprint density at radius 3 is 2.58 bits per heavy atom. The Bertz CT molecular complexity index is 840. The fourth-order valence-electron chi connectivity index (χ4n) is 2.48. The second-order valence-corrected chi connectivity index (χ2v) is 5.66. The van der Waals surface area contributed by atoms with Crippen molar-refractivity contribution in [3.05, 3.63) is 83.8 Å². The number of aromatic nitrogens is 1. The minimum absolute atomic E-state index is 0.151. The number of pyridine rings is 1. The van der Waals surface area contributed by atoms with Crippen LogP contribution in [0, 0.1) is 5.82 Å². The predicted octanol–water partition coefficient (Wildman–Crippen LogP) is 4.81. The van der Waals surface area contributed by atoms with Crippen LogP contribution in [-0.2, 0) is 13.2 Å². The highest BCUT2D eigenvalue weighted by molar-refractivity contribution is 5.44. The van der Waals surface area contributed by atoms with Crippen LogP contribution in [0.1, 0.15) is 18.1 Å². The van der Waals surface area contributed by atoms with Crippen molar-refractivity contribution < 1.29 is 13.9 Å². The topological polar surface area (TPSA) is 43.4 Å². The van der Waals surface area contributed by atoms with Gasteiger partial charge in [0.25, 0.3) is 0 Å². The van der Waals surface area contributed by atoms with Gasteiger partial charge in [-0.2, -0.15) is 0 Å². The molecule has 1 N–H and O–H groups in total. The zero-order valence-electron chi connectivity index (χ0n) is 14.6. The molecule has 0 aliphatic heterocycles. The minimum atomic E-state index is -0.276. The molecule has 26 heavy (non-hydrogen) atoms. The number of benzene rings is 2. The Balaban J connectivity index is 1.69. The van der Waals surface area contributed by atoms with E-state index < -0.39 is 0 Å². The highest BCUT2D eigenvalue weighted by Gasteiger charge is 2.09. The Labute approximate surface area is 152 Å². The second kappa shape index (κ2) is 8.85. The van der Waals surface area contributed by atoms with Crippen LogP contribution < -0.4 is 14.8 Å². The van der Waals surface area contributed by atoms with E-state index in [1.54, 1.807) is 24.4 Å². The molecule has 0 unspecified atom stereocenters. The highest BCUT2D eigenvalue weighted by atomic mass is 19.1. The zero-order chi connectivity index (χ0) is 18.2. The maximum absolute atomic E-state index is 13.7. The normalized spacial score (nSPS) is 10.4. The van der Waals surface area contributed by atoms with E-state index in [4.69, 9.17) is 9.47 Å². The average Bonchev–Trinajstić information content (AvgIpc) is 2.68. The van der Waals surface area contributed by atoms with Crippen LogP contribution in [0.25, 0.3) is 0 Å². The SMILES string of the molecule is CCOc1cc(CNc2ccccn2)ccc1OCc1ccccc1F. The summed E-state index contributed by atoms with van der Waals surface area (Å²) in [6, 6.07) is 18.0. The molecule has 5 heteroatoms. The van der Waals surface area contributed by atoms with Crippen LogP contribution in [0.15, 0.2) is 66.9 Å². The number of hydrogen-bond donors (Lipinski definition) is 1. The molecule has 3 rings (SSSR count). The number of anilines is 1. The standard InChI is InChI=1S/C21H21FN2O2/c1-2-25-20-13-16(14-24-21-9-5-6-12-23-21)10-11-19(20)26-15-17-7-3-4-8-18(17)22/h3-13H,2,14-15H2,1H3,(H,23,24). The first-order valence-corrected chi connectivity index (χ1v) is 8.53. The minimum Gasteiger partial charge on any atom is -0.490 e. The van der Waals surface area contributed by atoms with Crippen molar-refractivity contribution in [3.63, 3.8) is 0 Å². The van der Waals surface area contributed by atoms with E-state index in [0.717, 1.165) is 11.4 Å². The van der Waals surface area contributed by atoms with Crippen molar-refractivity contribution in [1.82, 2.24) is 4.98 Å². The number of nitrogens with zero attached hydrogens (tertiary/aromatic N) is 1. The summed E-state index contributed by atoms with van der Waals surface area (Å²) in [6.45, 7) is 3.20. The van der Waals surface area contributed by atoms with E-state index in [1.807, 2.05) is 43.3 Å². The molecule has 4 nitrogen and oxygen atoms in total. The maximum atomic E-state index is 13.7. The van der Waals surface area contributed by atoms with Crippen molar-refractivity contribution >= 4 is 5.82 Å². The number of rotatable bonds is 8. The molecule has 0 fully saturated rings. The molecule has 0 saturated heterocycles. The summed E-state index contributed by atoms with van der Waals surface area (Å²) < 4.78 is 25.2. The van der Waals surface area contributed by atoms with E-state index in [1.165, 1.54) is 6.07 Å². The second-order valence-electron chi connectivity index (χ2n) is 5.66. The van der Waals surface area contributed by atoms with Crippen molar-refractivity contribution in [2.75, 3.05) is 11.9 Å². The van der Waals surface area contributed by atoms with Gasteiger partial charge in [0.1, 0.15) is 18.2 Å². The smallest absolute Gasteiger partial charge is 0.161 e. The van der Waals surface area contributed by atoms with Crippen molar-refractivity contribution in [1.29, 1.82) is 0 Å². The molecule has 1 aromatic heterocycles. The lowest BCUT2D eigenvalue weighted by molar-refractivity contribution is 0.265. The largest absolute Gasteiger partial charge is 0.490 e. The van der Waals surface area contributed by atoms with Gasteiger partial charge in [0.2, 0.25) is 0 Å². The summed E-state index contributed by atoms with van der Waals surface area (Å²) >= 11 is 0. The molecule has 0 atom stereocenters. The van der Waals surface area contributed by atoms with E-state index in [-0.39, 0.29) is 12.4 Å².